The van der Waals surface area contributed by atoms with E-state index in [-0.39, 0.29) is 16.6 Å². The van der Waals surface area contributed by atoms with E-state index in [2.05, 4.69) is 186 Å². The molecule has 1 N–H and O–H groups in total. The average molecular weight is 718 g/mol. The summed E-state index contributed by atoms with van der Waals surface area (Å²) in [7, 11) is 2.05. The Morgan fingerprint density at radius 2 is 1.05 bits per heavy atom. The van der Waals surface area contributed by atoms with Crippen LogP contribution in [0, 0.1) is 0 Å². The molecule has 55 heavy (non-hydrogen) atoms. The van der Waals surface area contributed by atoms with Crippen LogP contribution in [0.3, 0.4) is 0 Å². The number of aromatic nitrogens is 3. The fourth-order valence-electron chi connectivity index (χ4n) is 7.50. The lowest BCUT2D eigenvalue weighted by atomic mass is 9.79. The zero-order chi connectivity index (χ0) is 38.5. The van der Waals surface area contributed by atoms with E-state index in [0.717, 1.165) is 83.7 Å². The molecular formula is C51H47N3O. The van der Waals surface area contributed by atoms with Crippen LogP contribution in [0.1, 0.15) is 52.7 Å². The molecule has 0 saturated heterocycles. The van der Waals surface area contributed by atoms with Gasteiger partial charge in [0.2, 0.25) is 0 Å². The highest BCUT2D eigenvalue weighted by Crippen LogP contribution is 2.44. The van der Waals surface area contributed by atoms with Crippen molar-refractivity contribution in [3.63, 3.8) is 0 Å². The maximum absolute atomic E-state index is 11.9. The van der Waals surface area contributed by atoms with Gasteiger partial charge in [0.15, 0.2) is 0 Å². The second-order valence-corrected chi connectivity index (χ2v) is 16.6. The Kier molecular flexibility index (Phi) is 9.01. The number of rotatable bonds is 6. The molecule has 0 spiro atoms. The monoisotopic (exact) mass is 717 g/mol. The third-order valence-electron chi connectivity index (χ3n) is 10.6. The highest BCUT2D eigenvalue weighted by atomic mass is 16.3. The first-order valence-corrected chi connectivity index (χ1v) is 19.0. The summed E-state index contributed by atoms with van der Waals surface area (Å²) in [6.07, 6.45) is 1.90. The van der Waals surface area contributed by atoms with Crippen molar-refractivity contribution < 1.29 is 5.11 Å². The molecule has 0 radical (unpaired) electrons. The van der Waals surface area contributed by atoms with Gasteiger partial charge >= 0.3 is 0 Å². The first kappa shape index (κ1) is 35.8. The van der Waals surface area contributed by atoms with Crippen LogP contribution in [0.15, 0.2) is 152 Å². The summed E-state index contributed by atoms with van der Waals surface area (Å²) in [4.78, 5) is 10.3. The molecule has 2 aromatic heterocycles. The number of phenolic OH excluding ortho intramolecular Hbond substituents is 1. The third-order valence-corrected chi connectivity index (χ3v) is 10.6. The first-order valence-electron chi connectivity index (χ1n) is 19.0. The minimum absolute atomic E-state index is 0.112. The van der Waals surface area contributed by atoms with Gasteiger partial charge in [-0.1, -0.05) is 139 Å². The van der Waals surface area contributed by atoms with Crippen LogP contribution >= 0.6 is 0 Å². The Balaban J connectivity index is 1.34. The lowest BCUT2D eigenvalue weighted by molar-refractivity contribution is 0.446. The van der Waals surface area contributed by atoms with Gasteiger partial charge in [-0.05, 0) is 104 Å². The van der Waals surface area contributed by atoms with Gasteiger partial charge in [0, 0.05) is 29.9 Å². The van der Waals surface area contributed by atoms with Crippen molar-refractivity contribution in [3.8, 4) is 72.9 Å². The summed E-state index contributed by atoms with van der Waals surface area (Å²) in [6, 6.07) is 51.4. The van der Waals surface area contributed by atoms with E-state index in [1.807, 2.05) is 19.3 Å². The third kappa shape index (κ3) is 6.97. The van der Waals surface area contributed by atoms with Crippen molar-refractivity contribution in [2.75, 3.05) is 0 Å². The molecule has 0 unspecified atom stereocenters. The molecule has 0 amide bonds. The molecule has 272 valence electrons. The van der Waals surface area contributed by atoms with Crippen LogP contribution in [-0.4, -0.2) is 19.6 Å². The van der Waals surface area contributed by atoms with Crippen molar-refractivity contribution in [2.45, 2.75) is 52.4 Å². The van der Waals surface area contributed by atoms with E-state index < -0.39 is 0 Å². The second-order valence-electron chi connectivity index (χ2n) is 16.6. The van der Waals surface area contributed by atoms with E-state index >= 15 is 0 Å². The molecular weight excluding hydrogens is 671 g/mol. The SMILES string of the molecule is Cn1c(-c2cc(C(C)(C)C)cc(C(C)(C)C)c2O)nc2c(-c3cc(-c4cccc(-c5ccccc5)c4)cc(-c4cc(-c5ccccc5)ccn4)c3)cccc21. The number of fused-ring (bicyclic) bond motifs is 1. The Morgan fingerprint density at radius 1 is 0.491 bits per heavy atom. The molecule has 4 nitrogen and oxygen atoms in total. The van der Waals surface area contributed by atoms with E-state index in [1.54, 1.807) is 0 Å². The summed E-state index contributed by atoms with van der Waals surface area (Å²) in [5.41, 5.74) is 15.1. The fourth-order valence-corrected chi connectivity index (χ4v) is 7.50. The Labute approximate surface area is 324 Å². The summed E-state index contributed by atoms with van der Waals surface area (Å²) < 4.78 is 2.12. The number of hydrogen-bond acceptors (Lipinski definition) is 3. The number of aromatic hydroxyl groups is 1. The topological polar surface area (TPSA) is 50.9 Å². The molecule has 6 aromatic carbocycles. The van der Waals surface area contributed by atoms with Crippen LogP contribution in [0.5, 0.6) is 5.75 Å². The van der Waals surface area contributed by atoms with Crippen LogP contribution < -0.4 is 0 Å². The van der Waals surface area contributed by atoms with Crippen LogP contribution in [0.4, 0.5) is 0 Å². The van der Waals surface area contributed by atoms with Gasteiger partial charge in [-0.3, -0.25) is 4.98 Å². The van der Waals surface area contributed by atoms with E-state index in [0.29, 0.717) is 0 Å². The number of benzene rings is 6. The predicted molar refractivity (Wildman–Crippen MR) is 230 cm³/mol. The summed E-state index contributed by atoms with van der Waals surface area (Å²) >= 11 is 0. The number of aryl methyl sites for hydroxylation is 1. The summed E-state index contributed by atoms with van der Waals surface area (Å²) in [5.74, 6) is 1.02. The van der Waals surface area contributed by atoms with Crippen molar-refractivity contribution in [1.29, 1.82) is 0 Å². The van der Waals surface area contributed by atoms with E-state index in [9.17, 15) is 5.11 Å². The zero-order valence-electron chi connectivity index (χ0n) is 32.7. The molecule has 0 fully saturated rings. The maximum Gasteiger partial charge on any atom is 0.144 e. The second kappa shape index (κ2) is 13.9. The first-order chi connectivity index (χ1) is 26.3. The highest BCUT2D eigenvalue weighted by Gasteiger charge is 2.27. The fraction of sp³-hybridized carbons (Fsp3) is 0.176. The summed E-state index contributed by atoms with van der Waals surface area (Å²) in [5, 5.41) is 11.9. The van der Waals surface area contributed by atoms with Gasteiger partial charge in [-0.2, -0.15) is 0 Å². The van der Waals surface area contributed by atoms with Gasteiger partial charge in [-0.15, -0.1) is 0 Å². The largest absolute Gasteiger partial charge is 0.507 e. The number of para-hydroxylation sites is 1. The standard InChI is InChI=1S/C51H47N3O/c1-50(2,3)41-31-43(48(55)44(32-41)51(4,5)6)49-53-47-42(22-15-23-46(47)54(49)7)39-27-38(36-21-14-20-35(26-36)33-16-10-8-11-17-33)28-40(29-39)45-30-37(24-25-52-45)34-18-12-9-13-19-34/h8-32,55H,1-7H3. The van der Waals surface area contributed by atoms with Gasteiger partial charge in [0.1, 0.15) is 11.6 Å². The Morgan fingerprint density at radius 3 is 1.71 bits per heavy atom. The lowest BCUT2D eigenvalue weighted by Crippen LogP contribution is -2.17. The predicted octanol–water partition coefficient (Wildman–Crippen LogP) is 13.3. The average Bonchev–Trinajstić information content (AvgIpc) is 3.53. The molecule has 4 heteroatoms. The van der Waals surface area contributed by atoms with Crippen molar-refractivity contribution in [2.24, 2.45) is 7.05 Å². The number of hydrogen-bond donors (Lipinski definition) is 1. The molecule has 0 saturated carbocycles. The van der Waals surface area contributed by atoms with E-state index in [4.69, 9.17) is 9.97 Å². The Hall–Kier alpha value is -6.26. The van der Waals surface area contributed by atoms with Gasteiger partial charge in [-0.25, -0.2) is 4.98 Å². The molecule has 0 aliphatic carbocycles. The normalized spacial score (nSPS) is 12.0. The zero-order valence-corrected chi connectivity index (χ0v) is 32.7. The van der Waals surface area contributed by atoms with Crippen molar-refractivity contribution in [1.82, 2.24) is 14.5 Å². The van der Waals surface area contributed by atoms with Gasteiger partial charge < -0.3 is 9.67 Å². The molecule has 0 atom stereocenters. The van der Waals surface area contributed by atoms with Crippen LogP contribution in [0.2, 0.25) is 0 Å². The van der Waals surface area contributed by atoms with Crippen LogP contribution in [0.25, 0.3) is 78.2 Å². The van der Waals surface area contributed by atoms with Crippen molar-refractivity contribution >= 4 is 11.0 Å². The number of imidazole rings is 1. The number of phenols is 1. The molecule has 2 heterocycles. The molecule has 8 rings (SSSR count). The molecule has 0 aliphatic rings. The minimum Gasteiger partial charge on any atom is -0.507 e. The molecule has 8 aromatic rings. The summed E-state index contributed by atoms with van der Waals surface area (Å²) in [6.45, 7) is 13.1. The molecule has 0 bridgehead atoms. The number of nitrogens with zero attached hydrogens (tertiary/aromatic N) is 3. The maximum atomic E-state index is 11.9. The number of pyridine rings is 1. The van der Waals surface area contributed by atoms with Gasteiger partial charge in [0.25, 0.3) is 0 Å². The minimum atomic E-state index is -0.254. The molecule has 0 aliphatic heterocycles. The smallest absolute Gasteiger partial charge is 0.144 e. The Bertz CT molecular complexity index is 2570. The highest BCUT2D eigenvalue weighted by molar-refractivity contribution is 5.97. The van der Waals surface area contributed by atoms with Crippen molar-refractivity contribution in [3.05, 3.63) is 163 Å². The van der Waals surface area contributed by atoms with Gasteiger partial charge in [0.05, 0.1) is 22.3 Å². The quantitative estimate of drug-likeness (QED) is 0.186. The van der Waals surface area contributed by atoms with Crippen LogP contribution in [-0.2, 0) is 17.9 Å². The lowest BCUT2D eigenvalue weighted by Gasteiger charge is -2.27. The van der Waals surface area contributed by atoms with E-state index in [1.165, 1.54) is 5.56 Å².